The number of aromatic nitrogens is 1. The Bertz CT molecular complexity index is 617. The molecule has 0 saturated heterocycles. The van der Waals surface area contributed by atoms with Crippen molar-refractivity contribution in [3.05, 3.63) is 53.8 Å². The minimum absolute atomic E-state index is 0.205. The van der Waals surface area contributed by atoms with Crippen molar-refractivity contribution >= 4 is 17.7 Å². The Labute approximate surface area is 117 Å². The number of aryl methyl sites for hydroxylation is 1. The molecule has 0 radical (unpaired) electrons. The number of nitrogens with one attached hydrogen (secondary N) is 1. The topological polar surface area (TPSA) is 81.2 Å². The molecule has 2 rings (SSSR count). The number of nitrogens with two attached hydrogens (primary N) is 1. The summed E-state index contributed by atoms with van der Waals surface area (Å²) < 4.78 is 5.40. The van der Waals surface area contributed by atoms with Gasteiger partial charge < -0.3 is 15.5 Å². The first-order valence-corrected chi connectivity index (χ1v) is 6.42. The molecule has 0 aliphatic heterocycles. The van der Waals surface area contributed by atoms with Gasteiger partial charge in [0.2, 0.25) is 11.8 Å². The Morgan fingerprint density at radius 3 is 3.05 bits per heavy atom. The van der Waals surface area contributed by atoms with Crippen LogP contribution in [0.4, 0.5) is 5.69 Å². The van der Waals surface area contributed by atoms with Crippen LogP contribution in [0.15, 0.2) is 41.0 Å². The van der Waals surface area contributed by atoms with Crippen LogP contribution < -0.4 is 11.1 Å². The molecule has 1 amide bonds. The van der Waals surface area contributed by atoms with Crippen molar-refractivity contribution in [2.45, 2.75) is 19.9 Å². The number of nitrogen functional groups attached to an aromatic ring is 1. The molecule has 1 heterocycles. The number of hydrogen-bond acceptors (Lipinski definition) is 4. The molecule has 0 fully saturated rings. The minimum atomic E-state index is -0.205. The van der Waals surface area contributed by atoms with Gasteiger partial charge in [-0.25, -0.2) is 4.98 Å². The summed E-state index contributed by atoms with van der Waals surface area (Å²) in [4.78, 5) is 15.7. The second-order valence-corrected chi connectivity index (χ2v) is 4.30. The van der Waals surface area contributed by atoms with Crippen molar-refractivity contribution in [3.63, 3.8) is 0 Å². The molecule has 5 nitrogen and oxygen atoms in total. The highest BCUT2D eigenvalue weighted by atomic mass is 16.4. The average Bonchev–Trinajstić information content (AvgIpc) is 2.91. The van der Waals surface area contributed by atoms with Crippen LogP contribution in [0.3, 0.4) is 0 Å². The van der Waals surface area contributed by atoms with Gasteiger partial charge in [0.15, 0.2) is 0 Å². The van der Waals surface area contributed by atoms with E-state index in [4.69, 9.17) is 10.2 Å². The Balaban J connectivity index is 1.86. The number of hydrogen-bond donors (Lipinski definition) is 2. The van der Waals surface area contributed by atoms with Gasteiger partial charge in [-0.05, 0) is 23.8 Å². The van der Waals surface area contributed by atoms with Gasteiger partial charge in [0.25, 0.3) is 0 Å². The van der Waals surface area contributed by atoms with E-state index in [2.05, 4.69) is 10.3 Å². The first kappa shape index (κ1) is 13.9. The number of rotatable bonds is 5. The van der Waals surface area contributed by atoms with E-state index in [1.54, 1.807) is 24.4 Å². The third-order valence-corrected chi connectivity index (χ3v) is 2.70. The lowest BCUT2D eigenvalue weighted by Crippen LogP contribution is -2.20. The third kappa shape index (κ3) is 3.98. The van der Waals surface area contributed by atoms with Crippen molar-refractivity contribution in [2.75, 3.05) is 5.73 Å². The zero-order valence-electron chi connectivity index (χ0n) is 11.3. The molecule has 0 aliphatic rings. The number of anilines is 1. The molecule has 5 heteroatoms. The van der Waals surface area contributed by atoms with Gasteiger partial charge in [-0.1, -0.05) is 19.1 Å². The van der Waals surface area contributed by atoms with Crippen LogP contribution in [-0.2, 0) is 17.8 Å². The maximum atomic E-state index is 11.7. The Morgan fingerprint density at radius 2 is 2.35 bits per heavy atom. The third-order valence-electron chi connectivity index (χ3n) is 2.70. The van der Waals surface area contributed by atoms with E-state index in [-0.39, 0.29) is 12.5 Å². The van der Waals surface area contributed by atoms with Crippen LogP contribution in [-0.4, -0.2) is 10.9 Å². The van der Waals surface area contributed by atoms with Gasteiger partial charge in [-0.15, -0.1) is 0 Å². The van der Waals surface area contributed by atoms with Gasteiger partial charge in [0, 0.05) is 18.2 Å². The molecule has 0 saturated carbocycles. The van der Waals surface area contributed by atoms with E-state index in [1.165, 1.54) is 6.08 Å². The van der Waals surface area contributed by atoms with Crippen molar-refractivity contribution in [2.24, 2.45) is 0 Å². The maximum absolute atomic E-state index is 11.7. The molecule has 20 heavy (non-hydrogen) atoms. The van der Waals surface area contributed by atoms with E-state index in [1.807, 2.05) is 19.1 Å². The van der Waals surface area contributed by atoms with Crippen molar-refractivity contribution in [1.82, 2.24) is 10.3 Å². The summed E-state index contributed by atoms with van der Waals surface area (Å²) >= 11 is 0. The van der Waals surface area contributed by atoms with E-state index >= 15 is 0 Å². The molecule has 2 aromatic rings. The Morgan fingerprint density at radius 1 is 1.50 bits per heavy atom. The fourth-order valence-corrected chi connectivity index (χ4v) is 1.65. The number of oxazole rings is 1. The van der Waals surface area contributed by atoms with Crippen LogP contribution in [0.25, 0.3) is 6.08 Å². The SMILES string of the molecule is CCc1cnc(CNC(=O)/C=C/c2cccc(N)c2)o1. The summed E-state index contributed by atoms with van der Waals surface area (Å²) in [5.74, 6) is 1.11. The zero-order valence-corrected chi connectivity index (χ0v) is 11.3. The molecule has 0 bridgehead atoms. The predicted molar refractivity (Wildman–Crippen MR) is 77.6 cm³/mol. The highest BCUT2D eigenvalue weighted by molar-refractivity contribution is 5.91. The van der Waals surface area contributed by atoms with E-state index < -0.39 is 0 Å². The number of amides is 1. The Kier molecular flexibility index (Phi) is 4.55. The normalized spacial score (nSPS) is 10.8. The lowest BCUT2D eigenvalue weighted by Gasteiger charge is -1.98. The first-order chi connectivity index (χ1) is 9.67. The molecule has 1 aromatic carbocycles. The van der Waals surface area contributed by atoms with Gasteiger partial charge in [0.1, 0.15) is 5.76 Å². The quantitative estimate of drug-likeness (QED) is 0.645. The summed E-state index contributed by atoms with van der Waals surface area (Å²) in [6, 6.07) is 7.31. The second-order valence-electron chi connectivity index (χ2n) is 4.30. The lowest BCUT2D eigenvalue weighted by molar-refractivity contribution is -0.116. The highest BCUT2D eigenvalue weighted by Crippen LogP contribution is 2.08. The smallest absolute Gasteiger partial charge is 0.244 e. The zero-order chi connectivity index (χ0) is 14.4. The van der Waals surface area contributed by atoms with Crippen LogP contribution in [0.5, 0.6) is 0 Å². The summed E-state index contributed by atoms with van der Waals surface area (Å²) in [5, 5.41) is 2.71. The predicted octanol–water partition coefficient (Wildman–Crippen LogP) is 2.15. The number of carbonyl (C=O) groups is 1. The van der Waals surface area contributed by atoms with Crippen LogP contribution >= 0.6 is 0 Å². The van der Waals surface area contributed by atoms with Crippen molar-refractivity contribution in [1.29, 1.82) is 0 Å². The van der Waals surface area contributed by atoms with Crippen LogP contribution in [0.1, 0.15) is 24.1 Å². The molecule has 1 aromatic heterocycles. The standard InChI is InChI=1S/C15H17N3O2/c1-2-13-9-18-15(20-13)10-17-14(19)7-6-11-4-3-5-12(16)8-11/h3-9H,2,10,16H2,1H3,(H,17,19)/b7-6+. The molecule has 3 N–H and O–H groups in total. The largest absolute Gasteiger partial charge is 0.444 e. The summed E-state index contributed by atoms with van der Waals surface area (Å²) in [7, 11) is 0. The van der Waals surface area contributed by atoms with Crippen molar-refractivity contribution < 1.29 is 9.21 Å². The first-order valence-electron chi connectivity index (χ1n) is 6.42. The van der Waals surface area contributed by atoms with E-state index in [9.17, 15) is 4.79 Å². The second kappa shape index (κ2) is 6.56. The summed E-state index contributed by atoms with van der Waals surface area (Å²) in [6.07, 6.45) is 5.62. The van der Waals surface area contributed by atoms with Gasteiger partial charge in [-0.3, -0.25) is 4.79 Å². The maximum Gasteiger partial charge on any atom is 0.244 e. The van der Waals surface area contributed by atoms with Crippen LogP contribution in [0, 0.1) is 0 Å². The molecule has 0 atom stereocenters. The highest BCUT2D eigenvalue weighted by Gasteiger charge is 2.03. The molecular formula is C15H17N3O2. The molecule has 104 valence electrons. The van der Waals surface area contributed by atoms with Gasteiger partial charge >= 0.3 is 0 Å². The fraction of sp³-hybridized carbons (Fsp3) is 0.200. The van der Waals surface area contributed by atoms with Gasteiger partial charge in [0.05, 0.1) is 12.7 Å². The fourth-order valence-electron chi connectivity index (χ4n) is 1.65. The van der Waals surface area contributed by atoms with Crippen molar-refractivity contribution in [3.8, 4) is 0 Å². The molecule has 0 spiro atoms. The number of benzene rings is 1. The molecule has 0 unspecified atom stereocenters. The van der Waals surface area contributed by atoms with E-state index in [0.29, 0.717) is 11.6 Å². The van der Waals surface area contributed by atoms with Crippen LogP contribution in [0.2, 0.25) is 0 Å². The average molecular weight is 271 g/mol. The monoisotopic (exact) mass is 271 g/mol. The number of nitrogens with zero attached hydrogens (tertiary/aromatic N) is 1. The summed E-state index contributed by atoms with van der Waals surface area (Å²) in [5.41, 5.74) is 7.21. The summed E-state index contributed by atoms with van der Waals surface area (Å²) in [6.45, 7) is 2.26. The Hall–Kier alpha value is -2.56. The molecule has 0 aliphatic carbocycles. The number of carbonyl (C=O) groups excluding carboxylic acids is 1. The lowest BCUT2D eigenvalue weighted by atomic mass is 10.2. The van der Waals surface area contributed by atoms with Gasteiger partial charge in [-0.2, -0.15) is 0 Å². The van der Waals surface area contributed by atoms with E-state index in [0.717, 1.165) is 17.7 Å². The molecular weight excluding hydrogens is 254 g/mol. The minimum Gasteiger partial charge on any atom is -0.444 e.